The molecule has 3 aromatic rings. The molecule has 0 bridgehead atoms. The smallest absolute Gasteiger partial charge is 0.134 e. The van der Waals surface area contributed by atoms with Crippen LogP contribution < -0.4 is 9.80 Å². The summed E-state index contributed by atoms with van der Waals surface area (Å²) in [5.74, 6) is -1.15. The molecule has 3 aromatic carbocycles. The van der Waals surface area contributed by atoms with Crippen molar-refractivity contribution in [1.29, 1.82) is 0 Å². The van der Waals surface area contributed by atoms with Gasteiger partial charge >= 0.3 is 0 Å². The highest BCUT2D eigenvalue weighted by Crippen LogP contribution is 2.41. The van der Waals surface area contributed by atoms with Gasteiger partial charge in [-0.25, -0.2) is 8.78 Å². The van der Waals surface area contributed by atoms with Gasteiger partial charge in [0, 0.05) is 41.8 Å². The zero-order chi connectivity index (χ0) is 20.5. The van der Waals surface area contributed by atoms with Crippen molar-refractivity contribution in [2.24, 2.45) is 4.99 Å². The molecule has 1 saturated heterocycles. The lowest BCUT2D eigenvalue weighted by Gasteiger charge is -2.32. The van der Waals surface area contributed by atoms with Crippen LogP contribution in [0.4, 0.5) is 25.8 Å². The van der Waals surface area contributed by atoms with E-state index in [9.17, 15) is 8.78 Å². The first-order valence-electron chi connectivity index (χ1n) is 10.00. The molecule has 0 aliphatic carbocycles. The number of para-hydroxylation sites is 1. The van der Waals surface area contributed by atoms with Crippen LogP contribution >= 0.6 is 0 Å². The average molecular weight is 405 g/mol. The average Bonchev–Trinajstić information content (AvgIpc) is 2.79. The topological polar surface area (TPSA) is 28.1 Å². The molecule has 2 aliphatic heterocycles. The van der Waals surface area contributed by atoms with E-state index in [-0.39, 0.29) is 5.56 Å². The minimum absolute atomic E-state index is 0.0143. The van der Waals surface area contributed by atoms with Crippen molar-refractivity contribution in [2.75, 3.05) is 42.8 Å². The van der Waals surface area contributed by atoms with E-state index in [4.69, 9.17) is 4.74 Å². The number of ether oxygens (including phenoxy) is 1. The van der Waals surface area contributed by atoms with Crippen LogP contribution in [0.5, 0.6) is 0 Å². The number of hydrogen-bond acceptors (Lipinski definition) is 4. The molecule has 0 saturated carbocycles. The molecular weight excluding hydrogens is 384 g/mol. The second-order valence-corrected chi connectivity index (χ2v) is 7.34. The van der Waals surface area contributed by atoms with E-state index in [1.807, 2.05) is 23.1 Å². The van der Waals surface area contributed by atoms with Gasteiger partial charge in [0.15, 0.2) is 0 Å². The number of anilines is 3. The summed E-state index contributed by atoms with van der Waals surface area (Å²) in [5.41, 5.74) is 4.16. The molecule has 4 nitrogen and oxygen atoms in total. The molecule has 0 spiro atoms. The quantitative estimate of drug-likeness (QED) is 0.614. The number of benzene rings is 3. The first-order chi connectivity index (χ1) is 14.7. The standard InChI is InChI=1S/C24H21F2N3O/c25-21-5-2-6-22(26)23(21)20-4-1-3-17-15-27-16-29(24(17)20)19-9-7-18(8-10-19)28-11-13-30-14-12-28/h1-10,15H,11-14,16H2. The van der Waals surface area contributed by atoms with Crippen molar-refractivity contribution < 1.29 is 13.5 Å². The number of rotatable bonds is 3. The molecule has 2 heterocycles. The molecule has 1 fully saturated rings. The van der Waals surface area contributed by atoms with Gasteiger partial charge in [0.25, 0.3) is 0 Å². The van der Waals surface area contributed by atoms with Crippen LogP contribution in [-0.4, -0.2) is 39.2 Å². The Kier molecular flexibility index (Phi) is 4.93. The maximum atomic E-state index is 14.6. The fourth-order valence-corrected chi connectivity index (χ4v) is 4.09. The minimum atomic E-state index is -0.575. The third-order valence-electron chi connectivity index (χ3n) is 5.56. The SMILES string of the molecule is Fc1cccc(F)c1-c1cccc2c1N(c1ccc(N3CCOCC3)cc1)CN=C2. The molecular formula is C24H21F2N3O. The summed E-state index contributed by atoms with van der Waals surface area (Å²) in [5, 5.41) is 0. The molecule has 0 amide bonds. The Hall–Kier alpha value is -3.25. The maximum Gasteiger partial charge on any atom is 0.134 e. The fraction of sp³-hybridized carbons (Fsp3) is 0.208. The van der Waals surface area contributed by atoms with Crippen molar-refractivity contribution in [3.63, 3.8) is 0 Å². The molecule has 5 rings (SSSR count). The van der Waals surface area contributed by atoms with Crippen molar-refractivity contribution >= 4 is 23.3 Å². The third-order valence-corrected chi connectivity index (χ3v) is 5.56. The summed E-state index contributed by atoms with van der Waals surface area (Å²) in [6.45, 7) is 3.58. The number of fused-ring (bicyclic) bond motifs is 1. The summed E-state index contributed by atoms with van der Waals surface area (Å²) in [6.07, 6.45) is 1.76. The Morgan fingerprint density at radius 1 is 0.800 bits per heavy atom. The Balaban J connectivity index is 1.56. The molecule has 30 heavy (non-hydrogen) atoms. The Morgan fingerprint density at radius 3 is 2.20 bits per heavy atom. The molecule has 0 radical (unpaired) electrons. The van der Waals surface area contributed by atoms with Crippen LogP contribution in [0.15, 0.2) is 65.7 Å². The fourth-order valence-electron chi connectivity index (χ4n) is 4.09. The Morgan fingerprint density at radius 2 is 1.47 bits per heavy atom. The van der Waals surface area contributed by atoms with E-state index in [1.54, 1.807) is 18.3 Å². The van der Waals surface area contributed by atoms with E-state index < -0.39 is 11.6 Å². The van der Waals surface area contributed by atoms with Gasteiger partial charge in [0.05, 0.1) is 24.5 Å². The summed E-state index contributed by atoms with van der Waals surface area (Å²) in [4.78, 5) is 8.74. The van der Waals surface area contributed by atoms with Gasteiger partial charge < -0.3 is 14.5 Å². The Labute approximate surface area is 174 Å². The lowest BCUT2D eigenvalue weighted by Crippen LogP contribution is -2.36. The van der Waals surface area contributed by atoms with Crippen LogP contribution in [0, 0.1) is 11.6 Å². The van der Waals surface area contributed by atoms with Crippen molar-refractivity contribution in [1.82, 2.24) is 0 Å². The van der Waals surface area contributed by atoms with Crippen LogP contribution in [0.2, 0.25) is 0 Å². The van der Waals surface area contributed by atoms with Gasteiger partial charge in [-0.3, -0.25) is 4.99 Å². The summed E-state index contributed by atoms with van der Waals surface area (Å²) in [7, 11) is 0. The summed E-state index contributed by atoms with van der Waals surface area (Å²) >= 11 is 0. The van der Waals surface area contributed by atoms with Gasteiger partial charge in [-0.1, -0.05) is 24.3 Å². The van der Waals surface area contributed by atoms with Gasteiger partial charge in [-0.2, -0.15) is 0 Å². The second-order valence-electron chi connectivity index (χ2n) is 7.34. The van der Waals surface area contributed by atoms with E-state index in [0.29, 0.717) is 12.2 Å². The maximum absolute atomic E-state index is 14.6. The van der Waals surface area contributed by atoms with Crippen molar-refractivity contribution in [3.8, 4) is 11.1 Å². The molecule has 0 atom stereocenters. The first-order valence-corrected chi connectivity index (χ1v) is 10.00. The normalized spacial score (nSPS) is 15.9. The highest BCUT2D eigenvalue weighted by Gasteiger charge is 2.24. The molecule has 0 unspecified atom stereocenters. The van der Waals surface area contributed by atoms with Crippen LogP contribution in [0.1, 0.15) is 5.56 Å². The van der Waals surface area contributed by atoms with Crippen molar-refractivity contribution in [3.05, 3.63) is 77.9 Å². The molecule has 6 heteroatoms. The number of halogens is 2. The number of aliphatic imine (C=N–C) groups is 1. The van der Waals surface area contributed by atoms with Gasteiger partial charge in [0.2, 0.25) is 0 Å². The van der Waals surface area contributed by atoms with Crippen LogP contribution in [0.25, 0.3) is 11.1 Å². The molecule has 152 valence electrons. The lowest BCUT2D eigenvalue weighted by atomic mass is 9.97. The Bertz CT molecular complexity index is 1070. The summed E-state index contributed by atoms with van der Waals surface area (Å²) < 4.78 is 34.6. The van der Waals surface area contributed by atoms with E-state index in [2.05, 4.69) is 22.0 Å². The lowest BCUT2D eigenvalue weighted by molar-refractivity contribution is 0.122. The first kappa shape index (κ1) is 18.8. The van der Waals surface area contributed by atoms with Crippen molar-refractivity contribution in [2.45, 2.75) is 0 Å². The monoisotopic (exact) mass is 405 g/mol. The van der Waals surface area contributed by atoms with E-state index >= 15 is 0 Å². The zero-order valence-corrected chi connectivity index (χ0v) is 16.4. The highest BCUT2D eigenvalue weighted by atomic mass is 19.1. The molecule has 0 N–H and O–H groups in total. The van der Waals surface area contributed by atoms with Crippen LogP contribution in [-0.2, 0) is 4.74 Å². The highest BCUT2D eigenvalue weighted by molar-refractivity contribution is 5.98. The van der Waals surface area contributed by atoms with Gasteiger partial charge in [-0.15, -0.1) is 0 Å². The zero-order valence-electron chi connectivity index (χ0n) is 16.4. The second kappa shape index (κ2) is 7.88. The number of hydrogen-bond donors (Lipinski definition) is 0. The number of nitrogens with zero attached hydrogens (tertiary/aromatic N) is 3. The predicted molar refractivity (Wildman–Crippen MR) is 116 cm³/mol. The van der Waals surface area contributed by atoms with E-state index in [0.717, 1.165) is 48.9 Å². The summed E-state index contributed by atoms with van der Waals surface area (Å²) in [6, 6.07) is 17.6. The third kappa shape index (κ3) is 3.33. The largest absolute Gasteiger partial charge is 0.378 e. The number of morpholine rings is 1. The van der Waals surface area contributed by atoms with Gasteiger partial charge in [-0.05, 0) is 36.4 Å². The van der Waals surface area contributed by atoms with Gasteiger partial charge in [0.1, 0.15) is 18.3 Å². The molecule has 2 aliphatic rings. The van der Waals surface area contributed by atoms with E-state index in [1.165, 1.54) is 18.2 Å². The molecule has 0 aromatic heterocycles. The minimum Gasteiger partial charge on any atom is -0.378 e. The van der Waals surface area contributed by atoms with Crippen LogP contribution in [0.3, 0.4) is 0 Å². The predicted octanol–water partition coefficient (Wildman–Crippen LogP) is 5.00.